The van der Waals surface area contributed by atoms with Gasteiger partial charge >= 0.3 is 0 Å². The summed E-state index contributed by atoms with van der Waals surface area (Å²) < 4.78 is 27.6. The molecule has 0 saturated heterocycles. The zero-order valence-corrected chi connectivity index (χ0v) is 14.4. The first-order valence-corrected chi connectivity index (χ1v) is 9.18. The van der Waals surface area contributed by atoms with Crippen LogP contribution in [0.15, 0.2) is 47.6 Å². The molecule has 0 aliphatic carbocycles. The number of amides is 1. The van der Waals surface area contributed by atoms with Gasteiger partial charge in [0.25, 0.3) is 0 Å². The van der Waals surface area contributed by atoms with Gasteiger partial charge in [-0.05, 0) is 48.7 Å². The van der Waals surface area contributed by atoms with Crippen LogP contribution >= 0.6 is 0 Å². The van der Waals surface area contributed by atoms with Crippen molar-refractivity contribution in [1.82, 2.24) is 9.71 Å². The number of nitrogens with one attached hydrogen (secondary N) is 1. The Labute approximate surface area is 141 Å². The monoisotopic (exact) mass is 345 g/mol. The number of sulfonamides is 1. The van der Waals surface area contributed by atoms with Gasteiger partial charge in [0.1, 0.15) is 0 Å². The number of nitrogens with zero attached hydrogens (tertiary/aromatic N) is 2. The number of rotatable bonds is 4. The number of aromatic nitrogens is 1. The van der Waals surface area contributed by atoms with Crippen molar-refractivity contribution in [2.24, 2.45) is 0 Å². The van der Waals surface area contributed by atoms with Crippen LogP contribution in [-0.4, -0.2) is 25.4 Å². The highest BCUT2D eigenvalue weighted by Gasteiger charge is 2.30. The maximum atomic E-state index is 12.5. The standard InChI is InChI=1S/C17H19N3O3S/c1-12-8-15-9-16(5-6-17(15)20(12)13(2)21)24(22,23)19-11-14-4-3-7-18-10-14/h3-7,9-10,12,19H,8,11H2,1-2H3/t12-/m0/s1. The third-order valence-electron chi connectivity index (χ3n) is 4.11. The summed E-state index contributed by atoms with van der Waals surface area (Å²) in [4.78, 5) is 17.6. The van der Waals surface area contributed by atoms with Crippen molar-refractivity contribution < 1.29 is 13.2 Å². The van der Waals surface area contributed by atoms with Gasteiger partial charge in [-0.2, -0.15) is 0 Å². The second kappa shape index (κ2) is 6.33. The molecule has 24 heavy (non-hydrogen) atoms. The number of carbonyl (C=O) groups is 1. The van der Waals surface area contributed by atoms with Gasteiger partial charge in [0, 0.05) is 37.6 Å². The summed E-state index contributed by atoms with van der Waals surface area (Å²) in [6.45, 7) is 3.66. The first-order chi connectivity index (χ1) is 11.4. The predicted molar refractivity (Wildman–Crippen MR) is 91.0 cm³/mol. The summed E-state index contributed by atoms with van der Waals surface area (Å²) in [6.07, 6.45) is 3.92. The molecule has 1 aromatic carbocycles. The summed E-state index contributed by atoms with van der Waals surface area (Å²) in [5.74, 6) is -0.0356. The zero-order valence-electron chi connectivity index (χ0n) is 13.6. The lowest BCUT2D eigenvalue weighted by molar-refractivity contribution is -0.116. The minimum absolute atomic E-state index is 0.0356. The summed E-state index contributed by atoms with van der Waals surface area (Å²) >= 11 is 0. The lowest BCUT2D eigenvalue weighted by atomic mass is 10.1. The molecule has 6 nitrogen and oxygen atoms in total. The van der Waals surface area contributed by atoms with Gasteiger partial charge in [-0.1, -0.05) is 6.07 Å². The van der Waals surface area contributed by atoms with Crippen molar-refractivity contribution in [2.75, 3.05) is 4.90 Å². The number of anilines is 1. The molecule has 0 unspecified atom stereocenters. The number of fused-ring (bicyclic) bond motifs is 1. The topological polar surface area (TPSA) is 79.4 Å². The van der Waals surface area contributed by atoms with Crippen molar-refractivity contribution in [3.63, 3.8) is 0 Å². The average Bonchev–Trinajstić information content (AvgIpc) is 2.89. The predicted octanol–water partition coefficient (Wildman–Crippen LogP) is 1.86. The lowest BCUT2D eigenvalue weighted by Crippen LogP contribution is -2.33. The third-order valence-corrected chi connectivity index (χ3v) is 5.50. The minimum atomic E-state index is -3.62. The van der Waals surface area contributed by atoms with E-state index in [1.807, 2.05) is 13.0 Å². The molecule has 1 aromatic heterocycles. The lowest BCUT2D eigenvalue weighted by Gasteiger charge is -2.20. The van der Waals surface area contributed by atoms with E-state index < -0.39 is 10.0 Å². The second-order valence-electron chi connectivity index (χ2n) is 5.92. The van der Waals surface area contributed by atoms with Crippen molar-refractivity contribution in [3.05, 3.63) is 53.9 Å². The Morgan fingerprint density at radius 1 is 1.38 bits per heavy atom. The molecule has 3 rings (SSSR count). The van der Waals surface area contributed by atoms with Crippen LogP contribution in [-0.2, 0) is 27.8 Å². The van der Waals surface area contributed by atoms with Gasteiger partial charge in [-0.15, -0.1) is 0 Å². The Balaban J connectivity index is 1.83. The average molecular weight is 345 g/mol. The Kier molecular flexibility index (Phi) is 4.38. The van der Waals surface area contributed by atoms with Crippen LogP contribution in [0.5, 0.6) is 0 Å². The number of carbonyl (C=O) groups excluding carboxylic acids is 1. The first kappa shape index (κ1) is 16.6. The van der Waals surface area contributed by atoms with Crippen LogP contribution in [0.1, 0.15) is 25.0 Å². The van der Waals surface area contributed by atoms with Crippen LogP contribution < -0.4 is 9.62 Å². The van der Waals surface area contributed by atoms with Crippen LogP contribution in [0, 0.1) is 0 Å². The van der Waals surface area contributed by atoms with Crippen LogP contribution in [0.3, 0.4) is 0 Å². The fourth-order valence-corrected chi connectivity index (χ4v) is 4.09. The fourth-order valence-electron chi connectivity index (χ4n) is 3.02. The molecular formula is C17H19N3O3S. The van der Waals surface area contributed by atoms with Gasteiger partial charge in [0.05, 0.1) is 4.90 Å². The largest absolute Gasteiger partial charge is 0.309 e. The van der Waals surface area contributed by atoms with Gasteiger partial charge in [0.2, 0.25) is 15.9 Å². The number of benzene rings is 1. The molecule has 2 aromatic rings. The Hall–Kier alpha value is -2.25. The molecule has 7 heteroatoms. The van der Waals surface area contributed by atoms with E-state index >= 15 is 0 Å². The van der Waals surface area contributed by atoms with Gasteiger partial charge < -0.3 is 4.90 Å². The summed E-state index contributed by atoms with van der Waals surface area (Å²) in [5.41, 5.74) is 2.46. The smallest absolute Gasteiger partial charge is 0.240 e. The Bertz CT molecular complexity index is 866. The van der Waals surface area contributed by atoms with Crippen molar-refractivity contribution in [2.45, 2.75) is 37.8 Å². The highest BCUT2D eigenvalue weighted by Crippen LogP contribution is 2.33. The maximum Gasteiger partial charge on any atom is 0.240 e. The molecule has 0 bridgehead atoms. The summed E-state index contributed by atoms with van der Waals surface area (Å²) in [5, 5.41) is 0. The fraction of sp³-hybridized carbons (Fsp3) is 0.294. The summed E-state index contributed by atoms with van der Waals surface area (Å²) in [6, 6.07) is 8.51. The van der Waals surface area contributed by atoms with E-state index in [0.29, 0.717) is 6.42 Å². The van der Waals surface area contributed by atoms with Gasteiger partial charge in [-0.3, -0.25) is 9.78 Å². The van der Waals surface area contributed by atoms with Crippen LogP contribution in [0.4, 0.5) is 5.69 Å². The SMILES string of the molecule is CC(=O)N1c2ccc(S(=O)(=O)NCc3cccnc3)cc2C[C@@H]1C. The molecular weight excluding hydrogens is 326 g/mol. The minimum Gasteiger partial charge on any atom is -0.309 e. The highest BCUT2D eigenvalue weighted by molar-refractivity contribution is 7.89. The van der Waals surface area contributed by atoms with Crippen molar-refractivity contribution >= 4 is 21.6 Å². The molecule has 1 amide bonds. The zero-order chi connectivity index (χ0) is 17.3. The van der Waals surface area contributed by atoms with E-state index in [4.69, 9.17) is 0 Å². The number of hydrogen-bond donors (Lipinski definition) is 1. The normalized spacial score (nSPS) is 16.9. The van der Waals surface area contributed by atoms with Gasteiger partial charge in [-0.25, -0.2) is 13.1 Å². The van der Waals surface area contributed by atoms with Crippen LogP contribution in [0.2, 0.25) is 0 Å². The summed E-state index contributed by atoms with van der Waals surface area (Å²) in [7, 11) is -3.62. The highest BCUT2D eigenvalue weighted by atomic mass is 32.2. The molecule has 0 saturated carbocycles. The van der Waals surface area contributed by atoms with E-state index in [2.05, 4.69) is 9.71 Å². The van der Waals surface area contributed by atoms with Gasteiger partial charge in [0.15, 0.2) is 0 Å². The van der Waals surface area contributed by atoms with E-state index in [9.17, 15) is 13.2 Å². The number of hydrogen-bond acceptors (Lipinski definition) is 4. The molecule has 1 atom stereocenters. The quantitative estimate of drug-likeness (QED) is 0.917. The number of pyridine rings is 1. The molecule has 0 spiro atoms. The van der Waals surface area contributed by atoms with Crippen molar-refractivity contribution in [1.29, 1.82) is 0 Å². The second-order valence-corrected chi connectivity index (χ2v) is 7.69. The Morgan fingerprint density at radius 3 is 2.83 bits per heavy atom. The molecule has 1 aliphatic heterocycles. The van der Waals surface area contributed by atoms with E-state index in [1.165, 1.54) is 6.92 Å². The molecule has 126 valence electrons. The van der Waals surface area contributed by atoms with E-state index in [1.54, 1.807) is 41.6 Å². The molecule has 2 heterocycles. The molecule has 1 N–H and O–H groups in total. The maximum absolute atomic E-state index is 12.5. The Morgan fingerprint density at radius 2 is 2.17 bits per heavy atom. The van der Waals surface area contributed by atoms with Crippen molar-refractivity contribution in [3.8, 4) is 0 Å². The van der Waals surface area contributed by atoms with E-state index in [-0.39, 0.29) is 23.4 Å². The molecule has 1 aliphatic rings. The first-order valence-electron chi connectivity index (χ1n) is 7.70. The third kappa shape index (κ3) is 3.18. The van der Waals surface area contributed by atoms with E-state index in [0.717, 1.165) is 16.8 Å². The molecule has 0 radical (unpaired) electrons. The van der Waals surface area contributed by atoms with Crippen LogP contribution in [0.25, 0.3) is 0 Å². The molecule has 0 fully saturated rings.